The number of aliphatic hydroxyl groups excluding tert-OH is 13. The van der Waals surface area contributed by atoms with E-state index in [4.69, 9.17) is 42.6 Å². The summed E-state index contributed by atoms with van der Waals surface area (Å²) in [5.74, 6) is -3.92. The molecule has 25 atom stereocenters. The fourth-order valence-corrected chi connectivity index (χ4v) is 8.07. The van der Waals surface area contributed by atoms with Gasteiger partial charge >= 0.3 is 0 Å². The molecule has 61 heavy (non-hydrogen) atoms. The Morgan fingerprint density at radius 2 is 1.07 bits per heavy atom. The lowest BCUT2D eigenvalue weighted by atomic mass is 9.79. The fourth-order valence-electron chi connectivity index (χ4n) is 8.07. The first kappa shape index (κ1) is 50.5. The van der Waals surface area contributed by atoms with Gasteiger partial charge in [0.25, 0.3) is 0 Å². The van der Waals surface area contributed by atoms with Crippen LogP contribution >= 0.6 is 0 Å². The lowest BCUT2D eigenvalue weighted by Crippen LogP contribution is -2.74. The second kappa shape index (κ2) is 20.0. The molecule has 5 heterocycles. The Kier molecular flexibility index (Phi) is 16.5. The lowest BCUT2D eigenvalue weighted by Gasteiger charge is -2.54. The van der Waals surface area contributed by atoms with Gasteiger partial charge in [0.05, 0.1) is 38.1 Å². The molecule has 1 amide bonds. The summed E-state index contributed by atoms with van der Waals surface area (Å²) >= 11 is 0. The Morgan fingerprint density at radius 1 is 0.574 bits per heavy atom. The SMILES string of the molecule is CC(=O)NC1C(O[C@@H]2OC(CO)[C@H](O)C(O)C2OC2OC(C)[C@@H](O)C(O)C2O)[C@H](O[C@@H]2OC(C)[C@@H](O)C(O)C2O)C(CO)O[C@H]1O[C@]1(O)C(CO)O[C@@H](C(C)(C)C)C(O)C1O. The van der Waals surface area contributed by atoms with Crippen molar-refractivity contribution in [2.75, 3.05) is 19.8 Å². The molecule has 5 saturated heterocycles. The fraction of sp³-hybridized carbons (Fsp3) is 0.972. The third kappa shape index (κ3) is 10.2. The van der Waals surface area contributed by atoms with Gasteiger partial charge < -0.3 is 119 Å². The van der Waals surface area contributed by atoms with Gasteiger partial charge in [0.2, 0.25) is 11.7 Å². The van der Waals surface area contributed by atoms with E-state index in [2.05, 4.69) is 5.32 Å². The molecule has 25 heteroatoms. The van der Waals surface area contributed by atoms with Crippen molar-refractivity contribution in [3.05, 3.63) is 0 Å². The molecule has 0 spiro atoms. The number of nitrogens with one attached hydrogen (secondary N) is 1. The molecule has 15 N–H and O–H groups in total. The number of carbonyl (C=O) groups excluding carboxylic acids is 1. The van der Waals surface area contributed by atoms with Crippen molar-refractivity contribution < 1.29 is 119 Å². The molecule has 0 bridgehead atoms. The zero-order valence-corrected chi connectivity index (χ0v) is 34.3. The van der Waals surface area contributed by atoms with Crippen molar-refractivity contribution in [2.24, 2.45) is 5.41 Å². The summed E-state index contributed by atoms with van der Waals surface area (Å²) in [4.78, 5) is 13.0. The average Bonchev–Trinajstić information content (AvgIpc) is 3.20. The molecule has 5 aliphatic heterocycles. The van der Waals surface area contributed by atoms with Crippen molar-refractivity contribution in [3.63, 3.8) is 0 Å². The highest BCUT2D eigenvalue weighted by Gasteiger charge is 2.62. The van der Waals surface area contributed by atoms with E-state index in [9.17, 15) is 76.3 Å². The molecule has 5 rings (SSSR count). The number of rotatable bonds is 12. The Bertz CT molecular complexity index is 1430. The average molecular weight is 894 g/mol. The van der Waals surface area contributed by atoms with Crippen molar-refractivity contribution in [2.45, 2.75) is 195 Å². The number of hydrogen-bond donors (Lipinski definition) is 15. The summed E-state index contributed by atoms with van der Waals surface area (Å²) in [5.41, 5.74) is -0.870. The van der Waals surface area contributed by atoms with Crippen LogP contribution in [0.2, 0.25) is 0 Å². The molecule has 25 nitrogen and oxygen atoms in total. The van der Waals surface area contributed by atoms with E-state index < -0.39 is 184 Å². The number of carbonyl (C=O) groups is 1. The van der Waals surface area contributed by atoms with Crippen molar-refractivity contribution >= 4 is 5.91 Å². The Hall–Kier alpha value is -1.45. The number of ether oxygens (including phenoxy) is 9. The van der Waals surface area contributed by atoms with Crippen LogP contribution in [0.25, 0.3) is 0 Å². The van der Waals surface area contributed by atoms with Crippen LogP contribution in [0.5, 0.6) is 0 Å². The molecular formula is C36H63NO24. The van der Waals surface area contributed by atoms with Gasteiger partial charge in [-0.15, -0.1) is 0 Å². The maximum absolute atomic E-state index is 13.0. The van der Waals surface area contributed by atoms with Gasteiger partial charge in [0.1, 0.15) is 104 Å². The number of aliphatic hydroxyl groups is 14. The second-order valence-electron chi connectivity index (χ2n) is 17.2. The normalized spacial score (nSPS) is 51.2. The maximum Gasteiger partial charge on any atom is 0.226 e. The van der Waals surface area contributed by atoms with Gasteiger partial charge in [0, 0.05) is 6.92 Å². The Morgan fingerprint density at radius 3 is 1.54 bits per heavy atom. The highest BCUT2D eigenvalue weighted by atomic mass is 16.8. The zero-order valence-electron chi connectivity index (χ0n) is 34.3. The lowest BCUT2D eigenvalue weighted by molar-refractivity contribution is -0.433. The van der Waals surface area contributed by atoms with Crippen LogP contribution in [0, 0.1) is 5.41 Å². The molecule has 5 fully saturated rings. The molecule has 0 aromatic heterocycles. The van der Waals surface area contributed by atoms with E-state index in [1.54, 1.807) is 20.8 Å². The van der Waals surface area contributed by atoms with Crippen LogP contribution in [-0.4, -0.2) is 250 Å². The van der Waals surface area contributed by atoms with Crippen LogP contribution in [0.1, 0.15) is 41.5 Å². The van der Waals surface area contributed by atoms with E-state index in [1.165, 1.54) is 13.8 Å². The number of amides is 1. The monoisotopic (exact) mass is 893 g/mol. The first-order valence-electron chi connectivity index (χ1n) is 20.0. The van der Waals surface area contributed by atoms with E-state index in [0.717, 1.165) is 6.92 Å². The third-order valence-corrected chi connectivity index (χ3v) is 11.7. The highest BCUT2D eigenvalue weighted by Crippen LogP contribution is 2.42. The van der Waals surface area contributed by atoms with Crippen LogP contribution < -0.4 is 5.32 Å². The molecule has 0 aliphatic carbocycles. The van der Waals surface area contributed by atoms with E-state index in [1.807, 2.05) is 0 Å². The summed E-state index contributed by atoms with van der Waals surface area (Å²) in [5, 5.41) is 154. The van der Waals surface area contributed by atoms with E-state index >= 15 is 0 Å². The van der Waals surface area contributed by atoms with E-state index in [-0.39, 0.29) is 0 Å². The molecule has 0 radical (unpaired) electrons. The molecule has 356 valence electrons. The van der Waals surface area contributed by atoms with Gasteiger partial charge in [-0.1, -0.05) is 20.8 Å². The van der Waals surface area contributed by atoms with Crippen LogP contribution in [0.3, 0.4) is 0 Å². The maximum atomic E-state index is 13.0. The number of hydrogen-bond acceptors (Lipinski definition) is 24. The topological polar surface area (TPSA) is 395 Å². The minimum absolute atomic E-state index is 0.863. The predicted molar refractivity (Wildman–Crippen MR) is 194 cm³/mol. The minimum atomic E-state index is -3.06. The first-order valence-corrected chi connectivity index (χ1v) is 20.0. The third-order valence-electron chi connectivity index (χ3n) is 11.7. The Balaban J connectivity index is 1.59. The van der Waals surface area contributed by atoms with Gasteiger partial charge in [-0.3, -0.25) is 4.79 Å². The van der Waals surface area contributed by atoms with Crippen LogP contribution in [0.15, 0.2) is 0 Å². The van der Waals surface area contributed by atoms with E-state index in [0.29, 0.717) is 0 Å². The summed E-state index contributed by atoms with van der Waals surface area (Å²) < 4.78 is 53.0. The molecule has 5 aliphatic rings. The summed E-state index contributed by atoms with van der Waals surface area (Å²) in [6, 6.07) is -1.85. The molecule has 0 aromatic rings. The van der Waals surface area contributed by atoms with Crippen molar-refractivity contribution in [1.29, 1.82) is 0 Å². The van der Waals surface area contributed by atoms with Gasteiger partial charge in [0.15, 0.2) is 25.2 Å². The molecule has 16 unspecified atom stereocenters. The summed E-state index contributed by atoms with van der Waals surface area (Å²) in [6.07, 6.45) is -41.2. The largest absolute Gasteiger partial charge is 0.394 e. The Labute approximate surface area is 349 Å². The minimum Gasteiger partial charge on any atom is -0.394 e. The van der Waals surface area contributed by atoms with Crippen LogP contribution in [-0.2, 0) is 47.4 Å². The second-order valence-corrected chi connectivity index (χ2v) is 17.2. The van der Waals surface area contributed by atoms with Crippen molar-refractivity contribution in [3.8, 4) is 0 Å². The van der Waals surface area contributed by atoms with Gasteiger partial charge in [-0.2, -0.15) is 0 Å². The quantitative estimate of drug-likeness (QED) is 0.0809. The van der Waals surface area contributed by atoms with Gasteiger partial charge in [-0.25, -0.2) is 0 Å². The summed E-state index contributed by atoms with van der Waals surface area (Å²) in [7, 11) is 0. The zero-order chi connectivity index (χ0) is 45.6. The van der Waals surface area contributed by atoms with Gasteiger partial charge in [-0.05, 0) is 19.3 Å². The predicted octanol–water partition coefficient (Wildman–Crippen LogP) is -8.31. The van der Waals surface area contributed by atoms with Crippen LogP contribution in [0.4, 0.5) is 0 Å². The molecular weight excluding hydrogens is 830 g/mol. The first-order chi connectivity index (χ1) is 28.4. The standard InChI is InChI=1S/C36H63NO24/c1-10-17(42)20(45)23(48)32(53-10)58-26-14(8-39)56-31(61-36(52)15(9-40)57-30(35(4,5)6)25(50)29(36)51)16(37-12(3)41)27(26)59-34-28(22(47)19(44)13(7-38)55-34)60-33-24(49)21(46)18(43)11(2)54-33/h10-11,13-34,38-40,42-52H,7-9H2,1-6H3,(H,37,41)/t10?,11?,13?,14?,15?,16?,17-,18-,19+,20?,21?,22?,23?,24?,25?,26-,27?,28?,29?,30-,31+,32+,33?,34+,36-/m1/s1. The highest BCUT2D eigenvalue weighted by molar-refractivity contribution is 5.73. The summed E-state index contributed by atoms with van der Waals surface area (Å²) in [6.45, 7) is 5.64. The molecule has 0 saturated carbocycles. The van der Waals surface area contributed by atoms with Crippen molar-refractivity contribution in [1.82, 2.24) is 5.32 Å². The smallest absolute Gasteiger partial charge is 0.226 e. The molecule has 0 aromatic carbocycles.